The number of rotatable bonds is 3. The van der Waals surface area contributed by atoms with E-state index in [0.29, 0.717) is 19.4 Å². The lowest BCUT2D eigenvalue weighted by atomic mass is 9.98. The molecule has 1 N–H and O–H groups in total. The van der Waals surface area contributed by atoms with Crippen LogP contribution >= 0.6 is 0 Å². The standard InChI is InChI=1S/C12H12N4O4/c13-6-8-3-4-14-11(10(8)16(19)20)15-5-1-2-9(7-15)12(17)18/h3-4,9H,1-2,5,7H2,(H,17,18). The van der Waals surface area contributed by atoms with Gasteiger partial charge in [-0.25, -0.2) is 4.98 Å². The molecule has 0 saturated carbocycles. The SMILES string of the molecule is N#Cc1ccnc(N2CCCC(C(=O)O)C2)c1[N+](=O)[O-]. The van der Waals surface area contributed by atoms with Crippen LogP contribution in [-0.2, 0) is 4.79 Å². The van der Waals surface area contributed by atoms with Crippen LogP contribution in [0.5, 0.6) is 0 Å². The van der Waals surface area contributed by atoms with Gasteiger partial charge >= 0.3 is 11.7 Å². The van der Waals surface area contributed by atoms with Crippen LogP contribution < -0.4 is 4.90 Å². The molecule has 1 fully saturated rings. The van der Waals surface area contributed by atoms with Gasteiger partial charge in [0.2, 0.25) is 5.82 Å². The molecule has 0 spiro atoms. The Balaban J connectivity index is 2.40. The number of aliphatic carboxylic acids is 1. The molecule has 8 heteroatoms. The number of hydrogen-bond acceptors (Lipinski definition) is 6. The van der Waals surface area contributed by atoms with Gasteiger partial charge in [-0.15, -0.1) is 0 Å². The van der Waals surface area contributed by atoms with E-state index in [1.165, 1.54) is 12.3 Å². The Morgan fingerprint density at radius 3 is 3.00 bits per heavy atom. The van der Waals surface area contributed by atoms with Gasteiger partial charge in [-0.2, -0.15) is 5.26 Å². The van der Waals surface area contributed by atoms with Gasteiger partial charge < -0.3 is 10.0 Å². The van der Waals surface area contributed by atoms with E-state index in [1.54, 1.807) is 11.0 Å². The van der Waals surface area contributed by atoms with Crippen LogP contribution in [0.1, 0.15) is 18.4 Å². The third-order valence-electron chi connectivity index (χ3n) is 3.28. The molecule has 104 valence electrons. The summed E-state index contributed by atoms with van der Waals surface area (Å²) >= 11 is 0. The molecule has 2 heterocycles. The van der Waals surface area contributed by atoms with Gasteiger partial charge in [-0.1, -0.05) is 0 Å². The minimum Gasteiger partial charge on any atom is -0.481 e. The molecule has 1 saturated heterocycles. The molecule has 0 amide bonds. The predicted molar refractivity (Wildman–Crippen MR) is 68.2 cm³/mol. The van der Waals surface area contributed by atoms with Crippen molar-refractivity contribution in [1.82, 2.24) is 4.98 Å². The number of nitriles is 1. The lowest BCUT2D eigenvalue weighted by Gasteiger charge is -2.31. The topological polar surface area (TPSA) is 120 Å². The van der Waals surface area contributed by atoms with Gasteiger partial charge in [-0.3, -0.25) is 14.9 Å². The molecule has 8 nitrogen and oxygen atoms in total. The van der Waals surface area contributed by atoms with E-state index < -0.39 is 16.8 Å². The molecule has 1 atom stereocenters. The van der Waals surface area contributed by atoms with E-state index in [-0.39, 0.29) is 23.6 Å². The second-order valence-corrected chi connectivity index (χ2v) is 4.52. The smallest absolute Gasteiger partial charge is 0.329 e. The van der Waals surface area contributed by atoms with Crippen LogP contribution in [0.25, 0.3) is 0 Å². The third kappa shape index (κ3) is 2.51. The zero-order valence-electron chi connectivity index (χ0n) is 10.5. The maximum atomic E-state index is 11.1. The molecule has 1 aliphatic rings. The number of carboxylic acids is 1. The summed E-state index contributed by atoms with van der Waals surface area (Å²) in [6, 6.07) is 3.04. The van der Waals surface area contributed by atoms with Crippen molar-refractivity contribution in [2.45, 2.75) is 12.8 Å². The number of anilines is 1. The van der Waals surface area contributed by atoms with E-state index in [2.05, 4.69) is 4.98 Å². The minimum atomic E-state index is -0.922. The van der Waals surface area contributed by atoms with Gasteiger partial charge in [-0.05, 0) is 18.9 Å². The molecule has 1 aromatic rings. The number of carbonyl (C=O) groups is 1. The van der Waals surface area contributed by atoms with Gasteiger partial charge in [0.25, 0.3) is 0 Å². The maximum absolute atomic E-state index is 11.1. The van der Waals surface area contributed by atoms with Crippen molar-refractivity contribution >= 4 is 17.5 Å². The van der Waals surface area contributed by atoms with E-state index in [4.69, 9.17) is 10.4 Å². The Bertz CT molecular complexity index is 596. The summed E-state index contributed by atoms with van der Waals surface area (Å²) < 4.78 is 0. The Kier molecular flexibility index (Phi) is 3.79. The number of nitro groups is 1. The highest BCUT2D eigenvalue weighted by atomic mass is 16.6. The Labute approximate surface area is 114 Å². The average Bonchev–Trinajstić information content (AvgIpc) is 2.46. The summed E-state index contributed by atoms with van der Waals surface area (Å²) in [6.45, 7) is 0.657. The van der Waals surface area contributed by atoms with E-state index in [1.807, 2.05) is 0 Å². The van der Waals surface area contributed by atoms with Gasteiger partial charge in [0.15, 0.2) is 0 Å². The van der Waals surface area contributed by atoms with Crippen LogP contribution in [-0.4, -0.2) is 34.1 Å². The number of aromatic nitrogens is 1. The number of piperidine rings is 1. The lowest BCUT2D eigenvalue weighted by molar-refractivity contribution is -0.384. The summed E-state index contributed by atoms with van der Waals surface area (Å²) in [5.41, 5.74) is -0.432. The zero-order valence-corrected chi connectivity index (χ0v) is 10.5. The van der Waals surface area contributed by atoms with Crippen LogP contribution in [0.2, 0.25) is 0 Å². The first-order valence-electron chi connectivity index (χ1n) is 6.06. The molecule has 1 aliphatic heterocycles. The molecule has 0 aliphatic carbocycles. The minimum absolute atomic E-state index is 0.0694. The summed E-state index contributed by atoms with van der Waals surface area (Å²) in [7, 11) is 0. The second-order valence-electron chi connectivity index (χ2n) is 4.52. The summed E-state index contributed by atoms with van der Waals surface area (Å²) in [5, 5.41) is 29.1. The predicted octanol–water partition coefficient (Wildman–Crippen LogP) is 1.16. The summed E-state index contributed by atoms with van der Waals surface area (Å²) in [5.74, 6) is -1.43. The van der Waals surface area contributed by atoms with Crippen LogP contribution in [0.3, 0.4) is 0 Å². The summed E-state index contributed by atoms with van der Waals surface area (Å²) in [6.07, 6.45) is 2.48. The van der Waals surface area contributed by atoms with Crippen molar-refractivity contribution in [3.8, 4) is 6.07 Å². The molecule has 1 unspecified atom stereocenters. The Morgan fingerprint density at radius 2 is 2.40 bits per heavy atom. The first-order valence-corrected chi connectivity index (χ1v) is 6.06. The fourth-order valence-corrected chi connectivity index (χ4v) is 2.32. The van der Waals surface area contributed by atoms with Crippen LogP contribution in [0.4, 0.5) is 11.5 Å². The second kappa shape index (κ2) is 5.52. The maximum Gasteiger partial charge on any atom is 0.329 e. The first kappa shape index (κ1) is 13.7. The zero-order chi connectivity index (χ0) is 14.7. The largest absolute Gasteiger partial charge is 0.481 e. The van der Waals surface area contributed by atoms with Crippen molar-refractivity contribution < 1.29 is 14.8 Å². The van der Waals surface area contributed by atoms with Crippen molar-refractivity contribution in [1.29, 1.82) is 5.26 Å². The number of nitrogens with zero attached hydrogens (tertiary/aromatic N) is 4. The fraction of sp³-hybridized carbons (Fsp3) is 0.417. The van der Waals surface area contributed by atoms with Gasteiger partial charge in [0.05, 0.1) is 10.8 Å². The third-order valence-corrected chi connectivity index (χ3v) is 3.28. The quantitative estimate of drug-likeness (QED) is 0.649. The van der Waals surface area contributed by atoms with Crippen molar-refractivity contribution in [3.05, 3.63) is 27.9 Å². The number of pyridine rings is 1. The van der Waals surface area contributed by atoms with E-state index in [9.17, 15) is 14.9 Å². The monoisotopic (exact) mass is 276 g/mol. The molecule has 0 radical (unpaired) electrons. The van der Waals surface area contributed by atoms with Crippen molar-refractivity contribution in [2.75, 3.05) is 18.0 Å². The van der Waals surface area contributed by atoms with Crippen molar-refractivity contribution in [2.24, 2.45) is 5.92 Å². The van der Waals surface area contributed by atoms with Gasteiger partial charge in [0, 0.05) is 19.3 Å². The molecule has 0 aromatic carbocycles. The van der Waals surface area contributed by atoms with Crippen LogP contribution in [0.15, 0.2) is 12.3 Å². The Morgan fingerprint density at radius 1 is 1.65 bits per heavy atom. The molecule has 0 bridgehead atoms. The molecular formula is C12H12N4O4. The highest BCUT2D eigenvalue weighted by molar-refractivity contribution is 5.72. The first-order chi connectivity index (χ1) is 9.54. The number of carboxylic acid groups (broad SMARTS) is 1. The lowest BCUT2D eigenvalue weighted by Crippen LogP contribution is -2.39. The van der Waals surface area contributed by atoms with Crippen LogP contribution in [0, 0.1) is 27.4 Å². The highest BCUT2D eigenvalue weighted by Gasteiger charge is 2.31. The highest BCUT2D eigenvalue weighted by Crippen LogP contribution is 2.31. The molecule has 20 heavy (non-hydrogen) atoms. The molecular weight excluding hydrogens is 264 g/mol. The fourth-order valence-electron chi connectivity index (χ4n) is 2.32. The summed E-state index contributed by atoms with van der Waals surface area (Å²) in [4.78, 5) is 27.1. The Hall–Kier alpha value is -2.69. The van der Waals surface area contributed by atoms with Gasteiger partial charge in [0.1, 0.15) is 11.6 Å². The normalized spacial score (nSPS) is 18.4. The molecule has 2 rings (SSSR count). The van der Waals surface area contributed by atoms with E-state index >= 15 is 0 Å². The molecule has 1 aromatic heterocycles. The van der Waals surface area contributed by atoms with E-state index in [0.717, 1.165) is 0 Å². The van der Waals surface area contributed by atoms with Crippen molar-refractivity contribution in [3.63, 3.8) is 0 Å². The number of hydrogen-bond donors (Lipinski definition) is 1. The average molecular weight is 276 g/mol.